The van der Waals surface area contributed by atoms with Crippen LogP contribution in [0.15, 0.2) is 24.3 Å². The minimum Gasteiger partial charge on any atom is -0.353 e. The van der Waals surface area contributed by atoms with Crippen LogP contribution in [0.25, 0.3) is 0 Å². The monoisotopic (exact) mass is 398 g/mol. The number of benzene rings is 1. The third-order valence-corrected chi connectivity index (χ3v) is 6.66. The van der Waals surface area contributed by atoms with Gasteiger partial charge in [-0.25, -0.2) is 0 Å². The van der Waals surface area contributed by atoms with Gasteiger partial charge < -0.3 is 10.6 Å². The Morgan fingerprint density at radius 3 is 2.41 bits per heavy atom. The van der Waals surface area contributed by atoms with Crippen molar-refractivity contribution in [2.75, 3.05) is 26.2 Å². The van der Waals surface area contributed by atoms with Crippen molar-refractivity contribution in [2.45, 2.75) is 70.1 Å². The molecular formula is C23H34N4O2. The summed E-state index contributed by atoms with van der Waals surface area (Å²) in [5.74, 6) is -0.0410. The molecule has 0 aromatic heterocycles. The van der Waals surface area contributed by atoms with Crippen LogP contribution in [0.2, 0.25) is 0 Å². The lowest BCUT2D eigenvalue weighted by atomic mass is 10.0. The maximum atomic E-state index is 12.6. The molecule has 1 saturated carbocycles. The Bertz CT molecular complexity index is 693. The molecule has 6 heteroatoms. The summed E-state index contributed by atoms with van der Waals surface area (Å²) < 4.78 is 0. The minimum absolute atomic E-state index is 0.00423. The molecule has 0 spiro atoms. The van der Waals surface area contributed by atoms with Crippen molar-refractivity contribution < 1.29 is 9.59 Å². The van der Waals surface area contributed by atoms with Gasteiger partial charge in [-0.15, -0.1) is 0 Å². The van der Waals surface area contributed by atoms with E-state index in [1.807, 2.05) is 0 Å². The standard InChI is InChI=1S/C23H34N4O2/c28-22(15-21-23(29)24-11-14-27(21)20-5-1-2-6-20)25-16-18-7-9-19(10-8-18)17-26-12-3-4-13-26/h7-10,20-21H,1-6,11-17H2,(H,24,29)(H,25,28). The van der Waals surface area contributed by atoms with Crippen LogP contribution in [0.3, 0.4) is 0 Å². The summed E-state index contributed by atoms with van der Waals surface area (Å²) in [5.41, 5.74) is 2.43. The van der Waals surface area contributed by atoms with Gasteiger partial charge in [0.25, 0.3) is 0 Å². The second-order valence-corrected chi connectivity index (χ2v) is 8.76. The first kappa shape index (κ1) is 20.4. The SMILES string of the molecule is O=C(CC1C(=O)NCCN1C1CCCC1)NCc1ccc(CN2CCCC2)cc1. The predicted molar refractivity (Wildman–Crippen MR) is 113 cm³/mol. The van der Waals surface area contributed by atoms with Crippen LogP contribution < -0.4 is 10.6 Å². The molecule has 2 heterocycles. The van der Waals surface area contributed by atoms with E-state index >= 15 is 0 Å². The van der Waals surface area contributed by atoms with E-state index in [0.29, 0.717) is 19.1 Å². The molecule has 158 valence electrons. The fourth-order valence-corrected chi connectivity index (χ4v) is 5.03. The largest absolute Gasteiger partial charge is 0.353 e. The molecule has 0 bridgehead atoms. The quantitative estimate of drug-likeness (QED) is 0.738. The molecule has 2 amide bonds. The summed E-state index contributed by atoms with van der Waals surface area (Å²) >= 11 is 0. The number of hydrogen-bond acceptors (Lipinski definition) is 4. The number of rotatable bonds is 7. The molecule has 2 aliphatic heterocycles. The predicted octanol–water partition coefficient (Wildman–Crippen LogP) is 2.03. The molecule has 4 rings (SSSR count). The number of hydrogen-bond donors (Lipinski definition) is 2. The number of piperazine rings is 1. The second-order valence-electron chi connectivity index (χ2n) is 8.76. The first-order valence-electron chi connectivity index (χ1n) is 11.3. The summed E-state index contributed by atoms with van der Waals surface area (Å²) in [6, 6.07) is 8.66. The van der Waals surface area contributed by atoms with E-state index in [1.54, 1.807) is 0 Å². The van der Waals surface area contributed by atoms with Crippen LogP contribution in [-0.4, -0.2) is 59.9 Å². The fraction of sp³-hybridized carbons (Fsp3) is 0.652. The van der Waals surface area contributed by atoms with Crippen LogP contribution >= 0.6 is 0 Å². The van der Waals surface area contributed by atoms with Crippen LogP contribution in [0.5, 0.6) is 0 Å². The zero-order chi connectivity index (χ0) is 20.1. The summed E-state index contributed by atoms with van der Waals surface area (Å²) in [4.78, 5) is 29.7. The molecule has 29 heavy (non-hydrogen) atoms. The van der Waals surface area contributed by atoms with Crippen LogP contribution in [0.1, 0.15) is 56.1 Å². The zero-order valence-electron chi connectivity index (χ0n) is 17.4. The molecule has 6 nitrogen and oxygen atoms in total. The Balaban J connectivity index is 1.26. The average molecular weight is 399 g/mol. The van der Waals surface area contributed by atoms with E-state index in [0.717, 1.165) is 31.5 Å². The van der Waals surface area contributed by atoms with E-state index in [9.17, 15) is 9.59 Å². The second kappa shape index (κ2) is 9.72. The maximum Gasteiger partial charge on any atom is 0.237 e. The van der Waals surface area contributed by atoms with Gasteiger partial charge in [0.05, 0.1) is 12.5 Å². The van der Waals surface area contributed by atoms with Gasteiger partial charge in [0, 0.05) is 32.2 Å². The topological polar surface area (TPSA) is 64.7 Å². The smallest absolute Gasteiger partial charge is 0.237 e. The van der Waals surface area contributed by atoms with Crippen LogP contribution in [-0.2, 0) is 22.7 Å². The summed E-state index contributed by atoms with van der Waals surface area (Å²) in [6.07, 6.45) is 7.62. The van der Waals surface area contributed by atoms with Gasteiger partial charge in [0.15, 0.2) is 0 Å². The van der Waals surface area contributed by atoms with Crippen molar-refractivity contribution in [3.05, 3.63) is 35.4 Å². The van der Waals surface area contributed by atoms with E-state index in [1.165, 1.54) is 44.3 Å². The normalized spacial score (nSPS) is 24.0. The minimum atomic E-state index is -0.324. The average Bonchev–Trinajstić information content (AvgIpc) is 3.43. The molecule has 1 aromatic carbocycles. The van der Waals surface area contributed by atoms with Gasteiger partial charge in [-0.1, -0.05) is 37.1 Å². The lowest BCUT2D eigenvalue weighted by Crippen LogP contribution is -2.59. The lowest BCUT2D eigenvalue weighted by Gasteiger charge is -2.38. The Morgan fingerprint density at radius 2 is 1.69 bits per heavy atom. The van der Waals surface area contributed by atoms with Gasteiger partial charge in [-0.2, -0.15) is 0 Å². The number of carbonyl (C=O) groups excluding carboxylic acids is 2. The van der Waals surface area contributed by atoms with E-state index < -0.39 is 0 Å². The van der Waals surface area contributed by atoms with Gasteiger partial charge >= 0.3 is 0 Å². The van der Waals surface area contributed by atoms with E-state index in [4.69, 9.17) is 0 Å². The molecule has 1 unspecified atom stereocenters. The highest BCUT2D eigenvalue weighted by Crippen LogP contribution is 2.27. The highest BCUT2D eigenvalue weighted by molar-refractivity contribution is 5.88. The van der Waals surface area contributed by atoms with Gasteiger partial charge in [0.2, 0.25) is 11.8 Å². The molecule has 0 radical (unpaired) electrons. The van der Waals surface area contributed by atoms with Crippen LogP contribution in [0, 0.1) is 0 Å². The van der Waals surface area contributed by atoms with Crippen molar-refractivity contribution in [2.24, 2.45) is 0 Å². The zero-order valence-corrected chi connectivity index (χ0v) is 17.4. The summed E-state index contributed by atoms with van der Waals surface area (Å²) in [5, 5.41) is 5.95. The first-order chi connectivity index (χ1) is 14.2. The maximum absolute atomic E-state index is 12.6. The Kier molecular flexibility index (Phi) is 6.82. The fourth-order valence-electron chi connectivity index (χ4n) is 5.03. The molecule has 1 aliphatic carbocycles. The third kappa shape index (κ3) is 5.37. The number of likely N-dealkylation sites (tertiary alicyclic amines) is 1. The van der Waals surface area contributed by atoms with Crippen LogP contribution in [0.4, 0.5) is 0 Å². The van der Waals surface area contributed by atoms with Crippen molar-refractivity contribution in [3.63, 3.8) is 0 Å². The molecule has 2 N–H and O–H groups in total. The Labute approximate surface area is 174 Å². The highest BCUT2D eigenvalue weighted by atomic mass is 16.2. The number of nitrogens with one attached hydrogen (secondary N) is 2. The molecule has 3 fully saturated rings. The van der Waals surface area contributed by atoms with E-state index in [2.05, 4.69) is 44.7 Å². The van der Waals surface area contributed by atoms with Crippen molar-refractivity contribution >= 4 is 11.8 Å². The Hall–Kier alpha value is -1.92. The first-order valence-corrected chi connectivity index (χ1v) is 11.3. The van der Waals surface area contributed by atoms with E-state index in [-0.39, 0.29) is 24.3 Å². The molecule has 3 aliphatic rings. The van der Waals surface area contributed by atoms with Gasteiger partial charge in [-0.3, -0.25) is 19.4 Å². The number of amides is 2. The summed E-state index contributed by atoms with van der Waals surface area (Å²) in [7, 11) is 0. The van der Waals surface area contributed by atoms with Crippen molar-refractivity contribution in [1.82, 2.24) is 20.4 Å². The van der Waals surface area contributed by atoms with Gasteiger partial charge in [-0.05, 0) is 49.9 Å². The van der Waals surface area contributed by atoms with Crippen molar-refractivity contribution in [1.29, 1.82) is 0 Å². The lowest BCUT2D eigenvalue weighted by molar-refractivity contribution is -0.135. The van der Waals surface area contributed by atoms with Crippen molar-refractivity contribution in [3.8, 4) is 0 Å². The molecule has 2 saturated heterocycles. The number of nitrogens with zero attached hydrogens (tertiary/aromatic N) is 2. The number of carbonyl (C=O) groups is 2. The third-order valence-electron chi connectivity index (χ3n) is 6.66. The Morgan fingerprint density at radius 1 is 1.00 bits per heavy atom. The molecule has 1 atom stereocenters. The molecule has 1 aromatic rings. The highest BCUT2D eigenvalue weighted by Gasteiger charge is 2.36. The van der Waals surface area contributed by atoms with Gasteiger partial charge in [0.1, 0.15) is 0 Å². The molecular weight excluding hydrogens is 364 g/mol. The summed E-state index contributed by atoms with van der Waals surface area (Å²) in [6.45, 7) is 5.47.